The van der Waals surface area contributed by atoms with E-state index >= 15 is 0 Å². The highest BCUT2D eigenvalue weighted by Gasteiger charge is 2.33. The van der Waals surface area contributed by atoms with Crippen LogP contribution in [0, 0.1) is 0 Å². The Morgan fingerprint density at radius 2 is 1.26 bits per heavy atom. The Morgan fingerprint density at radius 3 is 1.47 bits per heavy atom. The van der Waals surface area contributed by atoms with E-state index in [4.69, 9.17) is 9.47 Å². The van der Waals surface area contributed by atoms with E-state index in [2.05, 4.69) is 13.2 Å². The van der Waals surface area contributed by atoms with Gasteiger partial charge in [-0.25, -0.2) is 8.42 Å². The van der Waals surface area contributed by atoms with Crippen molar-refractivity contribution >= 4 is 9.84 Å². The van der Waals surface area contributed by atoms with Crippen molar-refractivity contribution in [1.82, 2.24) is 0 Å². The zero-order valence-electron chi connectivity index (χ0n) is 12.4. The zero-order valence-corrected chi connectivity index (χ0v) is 13.3. The predicted octanol–water partition coefficient (Wildman–Crippen LogP) is 3.06. The van der Waals surface area contributed by atoms with Gasteiger partial charge in [0.05, 0.1) is 13.2 Å². The third-order valence-electron chi connectivity index (χ3n) is 2.43. The molecule has 5 heteroatoms. The highest BCUT2D eigenvalue weighted by Crippen LogP contribution is 2.19. The third kappa shape index (κ3) is 6.36. The first-order chi connectivity index (χ1) is 8.75. The van der Waals surface area contributed by atoms with Gasteiger partial charge in [-0.2, -0.15) is 0 Å². The van der Waals surface area contributed by atoms with Crippen LogP contribution in [0.5, 0.6) is 0 Å². The van der Waals surface area contributed by atoms with Crippen LogP contribution in [0.2, 0.25) is 0 Å². The lowest BCUT2D eigenvalue weighted by Crippen LogP contribution is -2.35. The molecule has 0 aromatic rings. The molecule has 4 nitrogen and oxygen atoms in total. The smallest absolute Gasteiger partial charge is 0.203 e. The van der Waals surface area contributed by atoms with E-state index in [9.17, 15) is 8.42 Å². The zero-order chi connectivity index (χ0) is 15.1. The Bertz CT molecular complexity index is 366. The first-order valence-electron chi connectivity index (χ1n) is 6.50. The number of ether oxygens (including phenoxy) is 2. The molecule has 2 atom stereocenters. The van der Waals surface area contributed by atoms with Crippen molar-refractivity contribution < 1.29 is 17.9 Å². The van der Waals surface area contributed by atoms with Crippen molar-refractivity contribution in [3.63, 3.8) is 0 Å². The second-order valence-corrected chi connectivity index (χ2v) is 7.03. The maximum absolute atomic E-state index is 12.4. The number of hydrogen-bond donors (Lipinski definition) is 0. The van der Waals surface area contributed by atoms with Crippen LogP contribution in [0.15, 0.2) is 24.3 Å². The van der Waals surface area contributed by atoms with Gasteiger partial charge in [-0.15, -0.1) is 0 Å². The summed E-state index contributed by atoms with van der Waals surface area (Å²) in [5, 5.41) is 0. The maximum Gasteiger partial charge on any atom is 0.203 e. The van der Waals surface area contributed by atoms with Crippen LogP contribution < -0.4 is 0 Å². The lowest BCUT2D eigenvalue weighted by molar-refractivity contribution is 0.0945. The molecular formula is C14H26O4S. The number of rotatable bonds is 10. The summed E-state index contributed by atoms with van der Waals surface area (Å²) in [5.41, 5.74) is -0.104. The van der Waals surface area contributed by atoms with Crippen molar-refractivity contribution in [2.45, 2.75) is 51.4 Å². The molecule has 0 amide bonds. The fraction of sp³-hybridized carbons (Fsp3) is 0.714. The van der Waals surface area contributed by atoms with Gasteiger partial charge >= 0.3 is 0 Å². The van der Waals surface area contributed by atoms with E-state index in [1.807, 2.05) is 0 Å². The van der Waals surface area contributed by atoms with Crippen LogP contribution in [-0.4, -0.2) is 32.5 Å². The summed E-state index contributed by atoms with van der Waals surface area (Å²) < 4.78 is 35.7. The lowest BCUT2D eigenvalue weighted by Gasteiger charge is -2.23. The molecule has 0 bridgehead atoms. The molecule has 0 saturated heterocycles. The minimum absolute atomic E-state index is 0.245. The van der Waals surface area contributed by atoms with Gasteiger partial charge in [-0.05, 0) is 26.7 Å². The fourth-order valence-electron chi connectivity index (χ4n) is 1.53. The summed E-state index contributed by atoms with van der Waals surface area (Å²) in [5.74, 6) is 0. The molecule has 0 radical (unpaired) electrons. The second-order valence-electron chi connectivity index (χ2n) is 4.80. The molecule has 0 aromatic carbocycles. The van der Waals surface area contributed by atoms with Gasteiger partial charge < -0.3 is 9.47 Å². The molecule has 2 unspecified atom stereocenters. The topological polar surface area (TPSA) is 52.6 Å². The third-order valence-corrected chi connectivity index (χ3v) is 4.84. The highest BCUT2D eigenvalue weighted by molar-refractivity contribution is 7.92. The molecule has 0 N–H and O–H groups in total. The van der Waals surface area contributed by atoms with Gasteiger partial charge in [0.25, 0.3) is 0 Å². The van der Waals surface area contributed by atoms with Crippen LogP contribution in [0.3, 0.4) is 0 Å². The van der Waals surface area contributed by atoms with E-state index in [1.54, 1.807) is 27.7 Å². The van der Waals surface area contributed by atoms with Crippen LogP contribution >= 0.6 is 0 Å². The SMILES string of the molecule is C=C(C)COC(CC)S(=O)(=O)C(CC)OCC(=C)C. The summed E-state index contributed by atoms with van der Waals surface area (Å²) in [6, 6.07) is 0. The second kappa shape index (κ2) is 8.51. The molecule has 0 saturated carbocycles. The largest absolute Gasteiger partial charge is 0.358 e. The van der Waals surface area contributed by atoms with Gasteiger partial charge in [0.1, 0.15) is 0 Å². The summed E-state index contributed by atoms with van der Waals surface area (Å²) in [6.07, 6.45) is 0.783. The molecule has 0 heterocycles. The van der Waals surface area contributed by atoms with E-state index in [0.29, 0.717) is 12.8 Å². The minimum atomic E-state index is -3.48. The van der Waals surface area contributed by atoms with Gasteiger partial charge in [0, 0.05) is 0 Å². The molecule has 0 fully saturated rings. The van der Waals surface area contributed by atoms with Crippen molar-refractivity contribution in [2.24, 2.45) is 0 Å². The van der Waals surface area contributed by atoms with Gasteiger partial charge in [0.2, 0.25) is 9.84 Å². The molecule has 0 aliphatic heterocycles. The quantitative estimate of drug-likeness (QED) is 0.580. The van der Waals surface area contributed by atoms with Crippen molar-refractivity contribution in [2.75, 3.05) is 13.2 Å². The fourth-order valence-corrected chi connectivity index (χ4v) is 3.31. The summed E-state index contributed by atoms with van der Waals surface area (Å²) in [7, 11) is -3.48. The lowest BCUT2D eigenvalue weighted by atomic mass is 10.4. The summed E-state index contributed by atoms with van der Waals surface area (Å²) in [6.45, 7) is 15.1. The van der Waals surface area contributed by atoms with Crippen LogP contribution in [0.25, 0.3) is 0 Å². The molecule has 0 aromatic heterocycles. The summed E-state index contributed by atoms with van der Waals surface area (Å²) in [4.78, 5) is 0. The molecular weight excluding hydrogens is 264 g/mol. The molecule has 0 aliphatic rings. The molecule has 0 aliphatic carbocycles. The number of hydrogen-bond acceptors (Lipinski definition) is 4. The molecule has 112 valence electrons. The average Bonchev–Trinajstić information content (AvgIpc) is 2.29. The Morgan fingerprint density at radius 1 is 0.947 bits per heavy atom. The maximum atomic E-state index is 12.4. The Kier molecular flexibility index (Phi) is 8.22. The molecule has 19 heavy (non-hydrogen) atoms. The predicted molar refractivity (Wildman–Crippen MR) is 78.6 cm³/mol. The van der Waals surface area contributed by atoms with E-state index < -0.39 is 20.7 Å². The molecule has 0 rings (SSSR count). The standard InChI is InChI=1S/C14H26O4S/c1-7-13(17-9-11(3)4)19(15,16)14(8-2)18-10-12(5)6/h13-14H,3,5,7-10H2,1-2,4,6H3. The normalized spacial score (nSPS) is 14.9. The van der Waals surface area contributed by atoms with E-state index in [0.717, 1.165) is 11.1 Å². The van der Waals surface area contributed by atoms with Gasteiger partial charge in [-0.3, -0.25) is 0 Å². The van der Waals surface area contributed by atoms with E-state index in [1.165, 1.54) is 0 Å². The van der Waals surface area contributed by atoms with Gasteiger partial charge in [0.15, 0.2) is 10.9 Å². The summed E-state index contributed by atoms with van der Waals surface area (Å²) >= 11 is 0. The number of sulfone groups is 1. The Balaban J connectivity index is 4.84. The average molecular weight is 290 g/mol. The monoisotopic (exact) mass is 290 g/mol. The first-order valence-corrected chi connectivity index (χ1v) is 8.11. The van der Waals surface area contributed by atoms with Crippen LogP contribution in [-0.2, 0) is 19.3 Å². The van der Waals surface area contributed by atoms with Crippen molar-refractivity contribution in [1.29, 1.82) is 0 Å². The Labute approximate surface area is 117 Å². The van der Waals surface area contributed by atoms with Gasteiger partial charge in [-0.1, -0.05) is 38.2 Å². The van der Waals surface area contributed by atoms with Crippen molar-refractivity contribution in [3.05, 3.63) is 24.3 Å². The van der Waals surface area contributed by atoms with Crippen LogP contribution in [0.1, 0.15) is 40.5 Å². The Hall–Kier alpha value is -0.650. The van der Waals surface area contributed by atoms with E-state index in [-0.39, 0.29) is 13.2 Å². The highest BCUT2D eigenvalue weighted by atomic mass is 32.2. The van der Waals surface area contributed by atoms with Crippen molar-refractivity contribution in [3.8, 4) is 0 Å². The first kappa shape index (κ1) is 18.4. The molecule has 0 spiro atoms. The minimum Gasteiger partial charge on any atom is -0.358 e. The van der Waals surface area contributed by atoms with Crippen LogP contribution in [0.4, 0.5) is 0 Å².